The molecule has 3 heteroatoms. The molecule has 1 aliphatic carbocycles. The molecule has 0 amide bonds. The predicted molar refractivity (Wildman–Crippen MR) is 56.0 cm³/mol. The van der Waals surface area contributed by atoms with Crippen molar-refractivity contribution in [3.05, 3.63) is 16.1 Å². The van der Waals surface area contributed by atoms with Crippen molar-refractivity contribution < 1.29 is 0 Å². The van der Waals surface area contributed by atoms with E-state index in [4.69, 9.17) is 0 Å². The highest BCUT2D eigenvalue weighted by molar-refractivity contribution is 9.09. The Labute approximate surface area is 85.3 Å². The molecule has 1 aromatic rings. The molecule has 0 radical (unpaired) electrons. The Kier molecular flexibility index (Phi) is 2.51. The van der Waals surface area contributed by atoms with E-state index in [-0.39, 0.29) is 0 Å². The summed E-state index contributed by atoms with van der Waals surface area (Å²) in [6.45, 7) is 2.06. The number of thiazole rings is 1. The van der Waals surface area contributed by atoms with Crippen LogP contribution in [0.4, 0.5) is 0 Å². The zero-order valence-corrected chi connectivity index (χ0v) is 9.49. The molecule has 2 rings (SSSR count). The number of rotatable bonds is 3. The lowest BCUT2D eigenvalue weighted by atomic mass is 10.2. The zero-order valence-electron chi connectivity index (χ0n) is 7.09. The number of hydrogen-bond acceptors (Lipinski definition) is 2. The van der Waals surface area contributed by atoms with Gasteiger partial charge in [-0.3, -0.25) is 0 Å². The molecule has 0 aromatic carbocycles. The number of halogens is 1. The van der Waals surface area contributed by atoms with Crippen LogP contribution in [0.3, 0.4) is 0 Å². The van der Waals surface area contributed by atoms with Gasteiger partial charge in [-0.1, -0.05) is 15.9 Å². The fourth-order valence-electron chi connectivity index (χ4n) is 1.29. The molecule has 12 heavy (non-hydrogen) atoms. The van der Waals surface area contributed by atoms with Gasteiger partial charge in [0.2, 0.25) is 0 Å². The maximum atomic E-state index is 4.45. The highest BCUT2D eigenvalue weighted by Crippen LogP contribution is 2.38. The number of alkyl halides is 1. The van der Waals surface area contributed by atoms with Crippen LogP contribution >= 0.6 is 27.3 Å². The molecule has 1 saturated carbocycles. The normalized spacial score (nSPS) is 19.5. The van der Waals surface area contributed by atoms with E-state index in [1.165, 1.54) is 17.8 Å². The minimum absolute atomic E-state index is 0.669. The second kappa shape index (κ2) is 3.46. The molecule has 66 valence electrons. The van der Waals surface area contributed by atoms with Crippen molar-refractivity contribution in [2.24, 2.45) is 5.92 Å². The van der Waals surface area contributed by atoms with Crippen molar-refractivity contribution in [3.8, 4) is 0 Å². The number of nitrogens with zero attached hydrogens (tertiary/aromatic N) is 1. The second-order valence-corrected chi connectivity index (χ2v) is 5.56. The Morgan fingerprint density at radius 1 is 1.75 bits per heavy atom. The zero-order chi connectivity index (χ0) is 8.55. The third-order valence-electron chi connectivity index (χ3n) is 2.17. The van der Waals surface area contributed by atoms with E-state index in [0.717, 1.165) is 18.0 Å². The van der Waals surface area contributed by atoms with Crippen LogP contribution < -0.4 is 0 Å². The van der Waals surface area contributed by atoms with Gasteiger partial charge in [-0.25, -0.2) is 4.98 Å². The van der Waals surface area contributed by atoms with Crippen LogP contribution in [-0.4, -0.2) is 9.81 Å². The highest BCUT2D eigenvalue weighted by Gasteiger charge is 2.29. The molecule has 1 heterocycles. The van der Waals surface area contributed by atoms with E-state index in [9.17, 15) is 0 Å². The van der Waals surface area contributed by atoms with Crippen molar-refractivity contribution in [2.75, 3.05) is 0 Å². The molecular formula is C9H12BrNS. The molecule has 1 fully saturated rings. The van der Waals surface area contributed by atoms with Gasteiger partial charge in [0.25, 0.3) is 0 Å². The summed E-state index contributed by atoms with van der Waals surface area (Å²) < 4.78 is 0. The number of hydrogen-bond donors (Lipinski definition) is 0. The molecule has 1 unspecified atom stereocenters. The third-order valence-corrected chi connectivity index (χ3v) is 4.23. The maximum Gasteiger partial charge on any atom is 0.0939 e. The van der Waals surface area contributed by atoms with Crippen molar-refractivity contribution in [1.29, 1.82) is 0 Å². The van der Waals surface area contributed by atoms with Gasteiger partial charge < -0.3 is 0 Å². The fourth-order valence-corrected chi connectivity index (χ4v) is 3.17. The van der Waals surface area contributed by atoms with E-state index in [1.807, 2.05) is 0 Å². The van der Waals surface area contributed by atoms with Gasteiger partial charge in [0.05, 0.1) is 5.01 Å². The predicted octanol–water partition coefficient (Wildman–Crippen LogP) is 3.17. The molecule has 1 nitrogen and oxygen atoms in total. The summed E-state index contributed by atoms with van der Waals surface area (Å²) in [4.78, 5) is 5.12. The van der Waals surface area contributed by atoms with Gasteiger partial charge in [0.15, 0.2) is 0 Å². The first-order chi connectivity index (χ1) is 5.75. The molecule has 1 atom stereocenters. The maximum absolute atomic E-state index is 4.45. The van der Waals surface area contributed by atoms with Crippen molar-refractivity contribution in [1.82, 2.24) is 4.98 Å². The van der Waals surface area contributed by atoms with Crippen LogP contribution in [0.2, 0.25) is 0 Å². The molecule has 0 spiro atoms. The van der Waals surface area contributed by atoms with Crippen LogP contribution in [-0.2, 0) is 6.42 Å². The first kappa shape index (κ1) is 8.70. The first-order valence-corrected chi connectivity index (χ1v) is 6.10. The van der Waals surface area contributed by atoms with E-state index in [1.54, 1.807) is 11.3 Å². The Morgan fingerprint density at radius 3 is 3.00 bits per heavy atom. The van der Waals surface area contributed by atoms with Gasteiger partial charge in [-0.15, -0.1) is 11.3 Å². The molecule has 0 N–H and O–H groups in total. The quantitative estimate of drug-likeness (QED) is 0.746. The minimum Gasteiger partial charge on any atom is -0.247 e. The standard InChI is InChI=1S/C9H12BrNS/c1-6-5-12-9(11-6)4-8(10)7-2-3-7/h5,7-8H,2-4H2,1H3. The van der Waals surface area contributed by atoms with Crippen molar-refractivity contribution >= 4 is 27.3 Å². The lowest BCUT2D eigenvalue weighted by Gasteiger charge is -2.03. The van der Waals surface area contributed by atoms with Crippen LogP contribution in [0.15, 0.2) is 5.38 Å². The Balaban J connectivity index is 1.93. The lowest BCUT2D eigenvalue weighted by Crippen LogP contribution is -2.04. The average molecular weight is 246 g/mol. The van der Waals surface area contributed by atoms with Gasteiger partial charge in [0, 0.05) is 22.3 Å². The molecule has 0 bridgehead atoms. The first-order valence-electron chi connectivity index (χ1n) is 4.31. The Bertz CT molecular complexity index is 267. The van der Waals surface area contributed by atoms with Crippen LogP contribution in [0.25, 0.3) is 0 Å². The van der Waals surface area contributed by atoms with Crippen molar-refractivity contribution in [2.45, 2.75) is 31.0 Å². The minimum atomic E-state index is 0.669. The van der Waals surface area contributed by atoms with Crippen LogP contribution in [0, 0.1) is 12.8 Å². The van der Waals surface area contributed by atoms with Gasteiger partial charge in [-0.05, 0) is 25.7 Å². The molecule has 1 aromatic heterocycles. The molecule has 0 saturated heterocycles. The summed E-state index contributed by atoms with van der Waals surface area (Å²) in [6.07, 6.45) is 3.92. The Morgan fingerprint density at radius 2 is 2.50 bits per heavy atom. The van der Waals surface area contributed by atoms with E-state index < -0.39 is 0 Å². The van der Waals surface area contributed by atoms with Crippen LogP contribution in [0.1, 0.15) is 23.5 Å². The topological polar surface area (TPSA) is 12.9 Å². The lowest BCUT2D eigenvalue weighted by molar-refractivity contribution is 0.755. The number of aromatic nitrogens is 1. The smallest absolute Gasteiger partial charge is 0.0939 e. The highest BCUT2D eigenvalue weighted by atomic mass is 79.9. The molecule has 1 aliphatic rings. The molecule has 0 aliphatic heterocycles. The van der Waals surface area contributed by atoms with E-state index in [0.29, 0.717) is 4.83 Å². The summed E-state index contributed by atoms with van der Waals surface area (Å²) in [5.41, 5.74) is 1.16. The van der Waals surface area contributed by atoms with E-state index >= 15 is 0 Å². The second-order valence-electron chi connectivity index (χ2n) is 3.44. The average Bonchev–Trinajstić information content (AvgIpc) is 2.78. The summed E-state index contributed by atoms with van der Waals surface area (Å²) in [5.74, 6) is 0.925. The third kappa shape index (κ3) is 2.07. The van der Waals surface area contributed by atoms with Gasteiger partial charge in [-0.2, -0.15) is 0 Å². The van der Waals surface area contributed by atoms with Gasteiger partial charge >= 0.3 is 0 Å². The largest absolute Gasteiger partial charge is 0.247 e. The summed E-state index contributed by atoms with van der Waals surface area (Å²) >= 11 is 5.50. The van der Waals surface area contributed by atoms with Crippen LogP contribution in [0.5, 0.6) is 0 Å². The molecular weight excluding hydrogens is 234 g/mol. The SMILES string of the molecule is Cc1csc(CC(Br)C2CC2)n1. The van der Waals surface area contributed by atoms with Crippen molar-refractivity contribution in [3.63, 3.8) is 0 Å². The summed E-state index contributed by atoms with van der Waals surface area (Å²) in [5, 5.41) is 3.41. The Hall–Kier alpha value is 0.110. The fraction of sp³-hybridized carbons (Fsp3) is 0.667. The summed E-state index contributed by atoms with van der Waals surface area (Å²) in [7, 11) is 0. The van der Waals surface area contributed by atoms with E-state index in [2.05, 4.69) is 33.2 Å². The number of aryl methyl sites for hydroxylation is 1. The van der Waals surface area contributed by atoms with Gasteiger partial charge in [0.1, 0.15) is 0 Å². The summed E-state index contributed by atoms with van der Waals surface area (Å²) in [6, 6.07) is 0. The monoisotopic (exact) mass is 245 g/mol.